The van der Waals surface area contributed by atoms with Gasteiger partial charge in [0.1, 0.15) is 0 Å². The van der Waals surface area contributed by atoms with Crippen molar-refractivity contribution < 1.29 is 0 Å². The molecule has 0 unspecified atom stereocenters. The van der Waals surface area contributed by atoms with E-state index >= 15 is 0 Å². The van der Waals surface area contributed by atoms with Gasteiger partial charge in [0.25, 0.3) is 0 Å². The molecule has 0 spiro atoms. The molecule has 1 aromatic rings. The molecule has 1 heterocycles. The highest BCUT2D eigenvalue weighted by Gasteiger charge is 2.40. The van der Waals surface area contributed by atoms with Gasteiger partial charge in [-0.2, -0.15) is 0 Å². The normalized spacial score (nSPS) is 22.4. The van der Waals surface area contributed by atoms with Crippen LogP contribution in [0.5, 0.6) is 0 Å². The minimum atomic E-state index is 0.248. The summed E-state index contributed by atoms with van der Waals surface area (Å²) in [6.07, 6.45) is 9.42. The lowest BCUT2D eigenvalue weighted by Crippen LogP contribution is -2.57. The van der Waals surface area contributed by atoms with Gasteiger partial charge < -0.3 is 5.32 Å². The first-order valence-corrected chi connectivity index (χ1v) is 6.05. The van der Waals surface area contributed by atoms with Crippen molar-refractivity contribution in [3.05, 3.63) is 59.7 Å². The zero-order valence-electron chi connectivity index (χ0n) is 9.45. The molecule has 1 saturated heterocycles. The van der Waals surface area contributed by atoms with Gasteiger partial charge in [0.2, 0.25) is 0 Å². The zero-order chi connectivity index (χ0) is 10.8. The Balaban J connectivity index is 2.00. The van der Waals surface area contributed by atoms with Crippen LogP contribution in [0.25, 0.3) is 0 Å². The van der Waals surface area contributed by atoms with Gasteiger partial charge in [-0.15, -0.1) is 0 Å². The molecular formula is C15H17N. The number of allylic oxidation sites excluding steroid dienone is 3. The summed E-state index contributed by atoms with van der Waals surface area (Å²) in [6.45, 7) is 2.15. The highest BCUT2D eigenvalue weighted by atomic mass is 15.0. The third kappa shape index (κ3) is 1.43. The van der Waals surface area contributed by atoms with Crippen molar-refractivity contribution in [2.75, 3.05) is 13.1 Å². The van der Waals surface area contributed by atoms with E-state index in [2.05, 4.69) is 53.9 Å². The Morgan fingerprint density at radius 2 is 1.81 bits per heavy atom. The number of rotatable bonds is 2. The molecule has 82 valence electrons. The third-order valence-electron chi connectivity index (χ3n) is 3.73. The third-order valence-corrected chi connectivity index (χ3v) is 3.73. The maximum absolute atomic E-state index is 3.42. The molecule has 3 rings (SSSR count). The van der Waals surface area contributed by atoms with E-state index in [0.717, 1.165) is 13.1 Å². The quantitative estimate of drug-likeness (QED) is 0.793. The smallest absolute Gasteiger partial charge is 0.0448 e. The Labute approximate surface area is 96.9 Å². The van der Waals surface area contributed by atoms with Crippen LogP contribution in [-0.4, -0.2) is 13.1 Å². The Morgan fingerprint density at radius 1 is 1.00 bits per heavy atom. The summed E-state index contributed by atoms with van der Waals surface area (Å²) < 4.78 is 0. The zero-order valence-corrected chi connectivity index (χ0v) is 9.45. The van der Waals surface area contributed by atoms with Crippen LogP contribution in [0.3, 0.4) is 0 Å². The summed E-state index contributed by atoms with van der Waals surface area (Å²) >= 11 is 0. The molecule has 16 heavy (non-hydrogen) atoms. The first-order valence-electron chi connectivity index (χ1n) is 6.05. The van der Waals surface area contributed by atoms with Crippen molar-refractivity contribution in [3.63, 3.8) is 0 Å². The summed E-state index contributed by atoms with van der Waals surface area (Å²) in [5, 5.41) is 3.42. The predicted octanol–water partition coefficient (Wildman–Crippen LogP) is 2.80. The number of nitrogens with one attached hydrogen (secondary N) is 1. The molecule has 0 aromatic heterocycles. The van der Waals surface area contributed by atoms with Gasteiger partial charge in [-0.3, -0.25) is 0 Å². The minimum Gasteiger partial charge on any atom is -0.314 e. The van der Waals surface area contributed by atoms with Gasteiger partial charge in [0.05, 0.1) is 0 Å². The van der Waals surface area contributed by atoms with Crippen LogP contribution in [0, 0.1) is 0 Å². The number of hydrogen-bond acceptors (Lipinski definition) is 1. The van der Waals surface area contributed by atoms with Crippen molar-refractivity contribution in [2.24, 2.45) is 0 Å². The van der Waals surface area contributed by atoms with Crippen LogP contribution >= 0.6 is 0 Å². The van der Waals surface area contributed by atoms with Gasteiger partial charge >= 0.3 is 0 Å². The molecule has 1 nitrogen and oxygen atoms in total. The van der Waals surface area contributed by atoms with Gasteiger partial charge in [-0.25, -0.2) is 0 Å². The standard InChI is InChI=1S/C15H17N/c1-3-7-13(8-4-1)15(11-16-12-15)14-9-5-2-6-10-14/h1,3-5,7-10,16H,2,6,11-12H2. The molecule has 1 N–H and O–H groups in total. The van der Waals surface area contributed by atoms with Crippen LogP contribution in [0.2, 0.25) is 0 Å². The molecule has 1 aliphatic carbocycles. The fourth-order valence-electron chi connectivity index (χ4n) is 2.68. The molecule has 0 atom stereocenters. The maximum Gasteiger partial charge on any atom is 0.0448 e. The first-order chi connectivity index (χ1) is 7.92. The number of hydrogen-bond donors (Lipinski definition) is 1. The van der Waals surface area contributed by atoms with Gasteiger partial charge in [-0.05, 0) is 24.0 Å². The minimum absolute atomic E-state index is 0.248. The molecule has 1 aliphatic heterocycles. The van der Waals surface area contributed by atoms with E-state index in [1.807, 2.05) is 0 Å². The molecule has 2 aliphatic rings. The topological polar surface area (TPSA) is 12.0 Å². The fraction of sp³-hybridized carbons (Fsp3) is 0.333. The number of benzene rings is 1. The van der Waals surface area contributed by atoms with Crippen LogP contribution in [0.1, 0.15) is 18.4 Å². The molecule has 0 amide bonds. The molecule has 0 radical (unpaired) electrons. The lowest BCUT2D eigenvalue weighted by molar-refractivity contribution is 0.332. The van der Waals surface area contributed by atoms with Gasteiger partial charge in [0.15, 0.2) is 0 Å². The van der Waals surface area contributed by atoms with Crippen LogP contribution in [0.15, 0.2) is 54.1 Å². The molecule has 1 aromatic carbocycles. The molecule has 1 fully saturated rings. The van der Waals surface area contributed by atoms with Crippen molar-refractivity contribution >= 4 is 0 Å². The summed E-state index contributed by atoms with van der Waals surface area (Å²) in [4.78, 5) is 0. The second kappa shape index (κ2) is 3.91. The van der Waals surface area contributed by atoms with E-state index in [1.54, 1.807) is 0 Å². The Hall–Kier alpha value is -1.34. The molecule has 0 saturated carbocycles. The largest absolute Gasteiger partial charge is 0.314 e. The molecular weight excluding hydrogens is 194 g/mol. The van der Waals surface area contributed by atoms with E-state index in [-0.39, 0.29) is 5.41 Å². The first kappa shape index (κ1) is 9.86. The molecule has 0 bridgehead atoms. The summed E-state index contributed by atoms with van der Waals surface area (Å²) in [5.74, 6) is 0. The Morgan fingerprint density at radius 3 is 2.38 bits per heavy atom. The summed E-state index contributed by atoms with van der Waals surface area (Å²) in [7, 11) is 0. The van der Waals surface area contributed by atoms with Crippen LogP contribution < -0.4 is 5.32 Å². The van der Waals surface area contributed by atoms with Crippen molar-refractivity contribution in [1.29, 1.82) is 0 Å². The maximum atomic E-state index is 3.42. The SMILES string of the molecule is C1=CC(C2(c3ccccc3)CNC2)=CCC1. The van der Waals surface area contributed by atoms with E-state index < -0.39 is 0 Å². The lowest BCUT2D eigenvalue weighted by atomic mass is 9.68. The Kier molecular flexibility index (Phi) is 2.41. The average molecular weight is 211 g/mol. The monoisotopic (exact) mass is 211 g/mol. The highest BCUT2D eigenvalue weighted by Crippen LogP contribution is 2.38. The van der Waals surface area contributed by atoms with E-state index in [1.165, 1.54) is 24.0 Å². The van der Waals surface area contributed by atoms with Crippen LogP contribution in [-0.2, 0) is 5.41 Å². The van der Waals surface area contributed by atoms with Crippen LogP contribution in [0.4, 0.5) is 0 Å². The van der Waals surface area contributed by atoms with E-state index in [4.69, 9.17) is 0 Å². The van der Waals surface area contributed by atoms with Crippen molar-refractivity contribution in [2.45, 2.75) is 18.3 Å². The Bertz CT molecular complexity index is 424. The molecule has 1 heteroatoms. The fourth-order valence-corrected chi connectivity index (χ4v) is 2.68. The van der Waals surface area contributed by atoms with E-state index in [0.29, 0.717) is 0 Å². The predicted molar refractivity (Wildman–Crippen MR) is 67.4 cm³/mol. The lowest BCUT2D eigenvalue weighted by Gasteiger charge is -2.45. The van der Waals surface area contributed by atoms with E-state index in [9.17, 15) is 0 Å². The average Bonchev–Trinajstić information content (AvgIpc) is 2.31. The summed E-state index contributed by atoms with van der Waals surface area (Å²) in [6, 6.07) is 10.9. The second-order valence-corrected chi connectivity index (χ2v) is 4.69. The second-order valence-electron chi connectivity index (χ2n) is 4.69. The summed E-state index contributed by atoms with van der Waals surface area (Å²) in [5.41, 5.74) is 3.20. The van der Waals surface area contributed by atoms with Gasteiger partial charge in [0, 0.05) is 18.5 Å². The van der Waals surface area contributed by atoms with Crippen molar-refractivity contribution in [1.82, 2.24) is 5.32 Å². The highest BCUT2D eigenvalue weighted by molar-refractivity contribution is 5.46. The van der Waals surface area contributed by atoms with Crippen molar-refractivity contribution in [3.8, 4) is 0 Å². The van der Waals surface area contributed by atoms with Gasteiger partial charge in [-0.1, -0.05) is 48.6 Å².